The molecule has 1 aliphatic rings. The number of nitrogens with zero attached hydrogens (tertiary/aromatic N) is 3. The Labute approximate surface area is 143 Å². The molecule has 0 spiro atoms. The number of aliphatic carboxylic acids is 2. The molecular weight excluding hydrogens is 334 g/mol. The van der Waals surface area contributed by atoms with Crippen LogP contribution in [0.25, 0.3) is 0 Å². The number of carboxylic acids is 2. The Morgan fingerprint density at radius 1 is 1.40 bits per heavy atom. The Morgan fingerprint density at radius 2 is 2.16 bits per heavy atom. The van der Waals surface area contributed by atoms with Crippen LogP contribution in [-0.2, 0) is 16.1 Å². The molecule has 25 heavy (non-hydrogen) atoms. The molecule has 1 aromatic rings. The van der Waals surface area contributed by atoms with E-state index in [2.05, 4.69) is 15.5 Å². The van der Waals surface area contributed by atoms with Gasteiger partial charge in [0.2, 0.25) is 5.89 Å². The zero-order valence-electron chi connectivity index (χ0n) is 13.6. The maximum absolute atomic E-state index is 12.1. The third kappa shape index (κ3) is 5.14. The number of nitrogens with two attached hydrogens (primary N) is 1. The predicted octanol–water partition coefficient (Wildman–Crippen LogP) is 0.0829. The summed E-state index contributed by atoms with van der Waals surface area (Å²) in [5.74, 6) is -1.55. The van der Waals surface area contributed by atoms with Crippen molar-refractivity contribution in [2.24, 2.45) is 5.73 Å². The maximum Gasteiger partial charge on any atom is 0.326 e. The summed E-state index contributed by atoms with van der Waals surface area (Å²) in [7, 11) is 0. The molecule has 11 nitrogen and oxygen atoms in total. The van der Waals surface area contributed by atoms with Gasteiger partial charge >= 0.3 is 18.0 Å². The third-order valence-electron chi connectivity index (χ3n) is 3.91. The van der Waals surface area contributed by atoms with Gasteiger partial charge in [-0.25, -0.2) is 9.59 Å². The normalized spacial score (nSPS) is 18.1. The fourth-order valence-corrected chi connectivity index (χ4v) is 2.61. The van der Waals surface area contributed by atoms with Crippen molar-refractivity contribution < 1.29 is 29.1 Å². The van der Waals surface area contributed by atoms with Crippen LogP contribution in [0.2, 0.25) is 0 Å². The van der Waals surface area contributed by atoms with E-state index >= 15 is 0 Å². The summed E-state index contributed by atoms with van der Waals surface area (Å²) >= 11 is 0. The molecule has 0 radical (unpaired) electrons. The van der Waals surface area contributed by atoms with Crippen LogP contribution in [0.15, 0.2) is 4.52 Å². The highest BCUT2D eigenvalue weighted by atomic mass is 16.5. The van der Waals surface area contributed by atoms with Gasteiger partial charge in [0, 0.05) is 13.0 Å². The standard InChI is InChI=1S/C14H21N5O6/c15-8(3-1-5-11(20)21)12-17-10(25-18-12)7-16-14(24)19-6-2-4-9(19)13(22)23/h8-9H,1-7,15H2,(H,16,24)(H,20,21)(H,22,23)/t8-,9?/m0/s1. The molecule has 0 bridgehead atoms. The zero-order chi connectivity index (χ0) is 18.4. The van der Waals surface area contributed by atoms with Crippen LogP contribution in [0.3, 0.4) is 0 Å². The summed E-state index contributed by atoms with van der Waals surface area (Å²) in [4.78, 5) is 38.9. The van der Waals surface area contributed by atoms with Gasteiger partial charge in [0.05, 0.1) is 12.6 Å². The van der Waals surface area contributed by atoms with Gasteiger partial charge in [-0.3, -0.25) is 4.79 Å². The predicted molar refractivity (Wildman–Crippen MR) is 82.3 cm³/mol. The van der Waals surface area contributed by atoms with E-state index in [1.807, 2.05) is 0 Å². The Bertz CT molecular complexity index is 633. The largest absolute Gasteiger partial charge is 0.481 e. The summed E-state index contributed by atoms with van der Waals surface area (Å²) < 4.78 is 4.99. The van der Waals surface area contributed by atoms with E-state index in [0.29, 0.717) is 32.2 Å². The number of hydrogen-bond donors (Lipinski definition) is 4. The highest BCUT2D eigenvalue weighted by Gasteiger charge is 2.34. The number of rotatable bonds is 8. The molecule has 1 saturated heterocycles. The van der Waals surface area contributed by atoms with Crippen LogP contribution in [0.4, 0.5) is 4.79 Å². The summed E-state index contributed by atoms with van der Waals surface area (Å²) in [6, 6.07) is -1.88. The van der Waals surface area contributed by atoms with Gasteiger partial charge < -0.3 is 30.7 Å². The number of carbonyl (C=O) groups excluding carboxylic acids is 1. The molecule has 2 amide bonds. The molecule has 1 aliphatic heterocycles. The molecule has 2 rings (SSSR count). The van der Waals surface area contributed by atoms with Crippen LogP contribution in [0.1, 0.15) is 49.9 Å². The highest BCUT2D eigenvalue weighted by molar-refractivity contribution is 5.83. The maximum atomic E-state index is 12.1. The minimum absolute atomic E-state index is 0.00897. The molecule has 0 aromatic carbocycles. The smallest absolute Gasteiger partial charge is 0.326 e. The SMILES string of the molecule is N[C@@H](CCCC(=O)O)c1noc(CNC(=O)N2CCCC2C(=O)O)n1. The van der Waals surface area contributed by atoms with Gasteiger partial charge in [-0.05, 0) is 25.7 Å². The Hall–Kier alpha value is -2.69. The second-order valence-corrected chi connectivity index (χ2v) is 5.79. The molecule has 2 atom stereocenters. The average Bonchev–Trinajstić information content (AvgIpc) is 3.21. The van der Waals surface area contributed by atoms with Crippen molar-refractivity contribution in [3.63, 3.8) is 0 Å². The van der Waals surface area contributed by atoms with E-state index in [9.17, 15) is 14.4 Å². The first-order valence-electron chi connectivity index (χ1n) is 7.95. The topological polar surface area (TPSA) is 172 Å². The van der Waals surface area contributed by atoms with E-state index in [0.717, 1.165) is 0 Å². The van der Waals surface area contributed by atoms with Crippen LogP contribution < -0.4 is 11.1 Å². The van der Waals surface area contributed by atoms with Crippen molar-refractivity contribution in [2.45, 2.75) is 50.7 Å². The third-order valence-corrected chi connectivity index (χ3v) is 3.91. The van der Waals surface area contributed by atoms with Gasteiger partial charge in [0.25, 0.3) is 0 Å². The molecule has 1 fully saturated rings. The Morgan fingerprint density at radius 3 is 2.84 bits per heavy atom. The number of amides is 2. The fourth-order valence-electron chi connectivity index (χ4n) is 2.61. The van der Waals surface area contributed by atoms with Gasteiger partial charge in [0.15, 0.2) is 5.82 Å². The lowest BCUT2D eigenvalue weighted by atomic mass is 10.1. The summed E-state index contributed by atoms with van der Waals surface area (Å²) in [6.45, 7) is 0.336. The first kappa shape index (κ1) is 18.6. The van der Waals surface area contributed by atoms with Gasteiger partial charge in [-0.15, -0.1) is 0 Å². The number of carboxylic acid groups (broad SMARTS) is 2. The number of hydrogen-bond acceptors (Lipinski definition) is 7. The fraction of sp³-hybridized carbons (Fsp3) is 0.643. The van der Waals surface area contributed by atoms with Crippen molar-refractivity contribution in [1.29, 1.82) is 0 Å². The minimum Gasteiger partial charge on any atom is -0.481 e. The first-order valence-corrected chi connectivity index (χ1v) is 7.95. The van der Waals surface area contributed by atoms with Crippen LogP contribution >= 0.6 is 0 Å². The van der Waals surface area contributed by atoms with Crippen molar-refractivity contribution in [1.82, 2.24) is 20.4 Å². The number of likely N-dealkylation sites (tertiary alicyclic amines) is 1. The van der Waals surface area contributed by atoms with Crippen LogP contribution in [-0.4, -0.2) is 55.8 Å². The van der Waals surface area contributed by atoms with Crippen molar-refractivity contribution >= 4 is 18.0 Å². The van der Waals surface area contributed by atoms with E-state index in [1.54, 1.807) is 0 Å². The number of urea groups is 1. The van der Waals surface area contributed by atoms with Crippen molar-refractivity contribution in [3.05, 3.63) is 11.7 Å². The number of nitrogens with one attached hydrogen (secondary N) is 1. The lowest BCUT2D eigenvalue weighted by Crippen LogP contribution is -2.45. The molecule has 1 unspecified atom stereocenters. The zero-order valence-corrected chi connectivity index (χ0v) is 13.6. The van der Waals surface area contributed by atoms with E-state index < -0.39 is 30.1 Å². The molecule has 1 aromatic heterocycles. The molecule has 11 heteroatoms. The van der Waals surface area contributed by atoms with E-state index in [-0.39, 0.29) is 24.7 Å². The molecule has 0 aliphatic carbocycles. The van der Waals surface area contributed by atoms with E-state index in [1.165, 1.54) is 4.90 Å². The van der Waals surface area contributed by atoms with Crippen LogP contribution in [0.5, 0.6) is 0 Å². The first-order chi connectivity index (χ1) is 11.9. The van der Waals surface area contributed by atoms with Crippen molar-refractivity contribution in [3.8, 4) is 0 Å². The summed E-state index contributed by atoms with van der Waals surface area (Å²) in [6.07, 6.45) is 1.86. The Kier molecular flexibility index (Phi) is 6.28. The molecular formula is C14H21N5O6. The molecule has 0 saturated carbocycles. The van der Waals surface area contributed by atoms with Gasteiger partial charge in [-0.1, -0.05) is 5.16 Å². The quantitative estimate of drug-likeness (QED) is 0.504. The summed E-state index contributed by atoms with van der Waals surface area (Å²) in [5.41, 5.74) is 5.86. The van der Waals surface area contributed by atoms with Gasteiger partial charge in [0.1, 0.15) is 6.04 Å². The minimum atomic E-state index is -1.03. The molecule has 138 valence electrons. The number of carbonyl (C=O) groups is 3. The number of aromatic nitrogens is 2. The Balaban J connectivity index is 1.81. The summed E-state index contributed by atoms with van der Waals surface area (Å²) in [5, 5.41) is 23.9. The highest BCUT2D eigenvalue weighted by Crippen LogP contribution is 2.17. The van der Waals surface area contributed by atoms with Gasteiger partial charge in [-0.2, -0.15) is 4.98 Å². The van der Waals surface area contributed by atoms with Crippen LogP contribution in [0, 0.1) is 0 Å². The lowest BCUT2D eigenvalue weighted by Gasteiger charge is -2.21. The average molecular weight is 355 g/mol. The van der Waals surface area contributed by atoms with E-state index in [4.69, 9.17) is 20.5 Å². The lowest BCUT2D eigenvalue weighted by molar-refractivity contribution is -0.141. The van der Waals surface area contributed by atoms with Crippen molar-refractivity contribution in [2.75, 3.05) is 6.54 Å². The monoisotopic (exact) mass is 355 g/mol. The second kappa shape index (κ2) is 8.42. The second-order valence-electron chi connectivity index (χ2n) is 5.79. The molecule has 2 heterocycles. The molecule has 5 N–H and O–H groups in total.